The van der Waals surface area contributed by atoms with Crippen molar-refractivity contribution in [1.29, 1.82) is 0 Å². The van der Waals surface area contributed by atoms with Crippen LogP contribution < -0.4 is 15.9 Å². The Balaban J connectivity index is 1.31. The molecule has 2 heteroatoms. The van der Waals surface area contributed by atoms with Crippen molar-refractivity contribution in [3.63, 3.8) is 0 Å². The van der Waals surface area contributed by atoms with Gasteiger partial charge in [-0.1, -0.05) is 211 Å². The monoisotopic (exact) mass is 642 g/mol. The molecule has 0 nitrogen and oxygen atoms in total. The van der Waals surface area contributed by atoms with E-state index in [1.807, 2.05) is 0 Å². The molecule has 0 aliphatic carbocycles. The summed E-state index contributed by atoms with van der Waals surface area (Å²) in [5.74, 6) is 0. The normalized spacial score (nSPS) is 13.0. The zero-order valence-corrected chi connectivity index (χ0v) is 28.9. The van der Waals surface area contributed by atoms with Gasteiger partial charge in [0, 0.05) is 6.04 Å². The third-order valence-electron chi connectivity index (χ3n) is 8.41. The number of benzene rings is 6. The number of hydrogen-bond donors (Lipinski definition) is 0. The molecule has 0 saturated heterocycles. The summed E-state index contributed by atoms with van der Waals surface area (Å²) in [7, 11) is 0. The van der Waals surface area contributed by atoms with Crippen LogP contribution >= 0.6 is 6.04 Å². The van der Waals surface area contributed by atoms with Gasteiger partial charge in [0.15, 0.2) is 0 Å². The Hall–Kier alpha value is -4.81. The van der Waals surface area contributed by atoms with Crippen LogP contribution in [-0.2, 0) is 11.8 Å². The van der Waals surface area contributed by atoms with Gasteiger partial charge in [0.1, 0.15) is 0 Å². The summed E-state index contributed by atoms with van der Waals surface area (Å²) >= 11 is 6.75. The minimum atomic E-state index is -2.32. The number of aryl methyl sites for hydroxylation is 3. The summed E-state index contributed by atoms with van der Waals surface area (Å²) < 4.78 is 0. The summed E-state index contributed by atoms with van der Waals surface area (Å²) in [6, 6.07) is 50.0. The first kappa shape index (κ1) is 32.1. The van der Waals surface area contributed by atoms with Crippen LogP contribution in [-0.4, -0.2) is 0 Å². The molecule has 0 unspecified atom stereocenters. The van der Waals surface area contributed by atoms with Crippen molar-refractivity contribution in [3.05, 3.63) is 196 Å². The molecular weight excluding hydrogens is 604 g/mol. The summed E-state index contributed by atoms with van der Waals surface area (Å²) in [5, 5.41) is 3.56. The van der Waals surface area contributed by atoms with E-state index in [4.69, 9.17) is 11.8 Å². The molecule has 0 N–H and O–H groups in total. The Bertz CT molecular complexity index is 1820. The average molecular weight is 643 g/mol. The Morgan fingerprint density at radius 2 is 0.468 bits per heavy atom. The topological polar surface area (TPSA) is 0 Å². The smallest absolute Gasteiger partial charge is 0.0379 e. The first-order chi connectivity index (χ1) is 22.8. The second-order valence-corrected chi connectivity index (χ2v) is 16.5. The van der Waals surface area contributed by atoms with Gasteiger partial charge in [0.05, 0.1) is 0 Å². The fraction of sp³-hybridized carbons (Fsp3) is 0.0667. The van der Waals surface area contributed by atoms with E-state index in [0.29, 0.717) is 0 Å². The molecule has 0 fully saturated rings. The van der Waals surface area contributed by atoms with Crippen LogP contribution in [0.3, 0.4) is 0 Å². The van der Waals surface area contributed by atoms with Gasteiger partial charge in [0.2, 0.25) is 0 Å². The first-order valence-corrected chi connectivity index (χ1v) is 18.8. The maximum atomic E-state index is 6.75. The highest BCUT2D eigenvalue weighted by molar-refractivity contribution is 8.25. The van der Waals surface area contributed by atoms with Crippen LogP contribution in [0.2, 0.25) is 0 Å². The molecular formula is C45H39PS. The molecule has 0 radical (unpaired) electrons. The van der Waals surface area contributed by atoms with Gasteiger partial charge < -0.3 is 0 Å². The molecule has 0 aliphatic rings. The molecule has 0 amide bonds. The lowest BCUT2D eigenvalue weighted by Crippen LogP contribution is -2.24. The van der Waals surface area contributed by atoms with Crippen molar-refractivity contribution in [1.82, 2.24) is 0 Å². The van der Waals surface area contributed by atoms with Crippen molar-refractivity contribution in [2.45, 2.75) is 20.8 Å². The van der Waals surface area contributed by atoms with Gasteiger partial charge in [0.25, 0.3) is 0 Å². The van der Waals surface area contributed by atoms with E-state index in [1.54, 1.807) is 0 Å². The highest BCUT2D eigenvalue weighted by Gasteiger charge is 2.24. The number of rotatable bonds is 9. The Morgan fingerprint density at radius 1 is 0.298 bits per heavy atom. The van der Waals surface area contributed by atoms with Gasteiger partial charge in [-0.15, -0.1) is 0 Å². The van der Waals surface area contributed by atoms with E-state index in [1.165, 1.54) is 49.3 Å². The van der Waals surface area contributed by atoms with Crippen LogP contribution in [0.1, 0.15) is 50.1 Å². The second-order valence-electron chi connectivity index (χ2n) is 12.1. The van der Waals surface area contributed by atoms with Crippen LogP contribution in [0.5, 0.6) is 0 Å². The van der Waals surface area contributed by atoms with Crippen molar-refractivity contribution in [2.24, 2.45) is 0 Å². The quantitative estimate of drug-likeness (QED) is 0.112. The summed E-state index contributed by atoms with van der Waals surface area (Å²) in [6.07, 6.45) is 13.0. The summed E-state index contributed by atoms with van der Waals surface area (Å²) in [4.78, 5) is 0. The number of hydrogen-bond acceptors (Lipinski definition) is 1. The maximum Gasteiger partial charge on any atom is 0.0379 e. The van der Waals surface area contributed by atoms with E-state index in [0.717, 1.165) is 16.7 Å². The van der Waals surface area contributed by atoms with Crippen LogP contribution in [0.25, 0.3) is 36.5 Å². The van der Waals surface area contributed by atoms with E-state index in [-0.39, 0.29) is 0 Å². The molecule has 6 rings (SSSR count). The van der Waals surface area contributed by atoms with Crippen molar-refractivity contribution < 1.29 is 0 Å². The maximum absolute atomic E-state index is 6.75. The Labute approximate surface area is 285 Å². The van der Waals surface area contributed by atoms with Crippen molar-refractivity contribution in [3.8, 4) is 0 Å². The fourth-order valence-electron chi connectivity index (χ4n) is 5.44. The van der Waals surface area contributed by atoms with E-state index < -0.39 is 6.04 Å². The largest absolute Gasteiger partial charge is 0.0826 e. The predicted molar refractivity (Wildman–Crippen MR) is 213 cm³/mol. The third-order valence-corrected chi connectivity index (χ3v) is 13.4. The van der Waals surface area contributed by atoms with Gasteiger partial charge >= 0.3 is 0 Å². The highest BCUT2D eigenvalue weighted by Crippen LogP contribution is 2.43. The van der Waals surface area contributed by atoms with Crippen LogP contribution in [0.4, 0.5) is 0 Å². The van der Waals surface area contributed by atoms with Crippen LogP contribution in [0.15, 0.2) is 146 Å². The van der Waals surface area contributed by atoms with Crippen LogP contribution in [0, 0.1) is 20.8 Å². The zero-order valence-electron chi connectivity index (χ0n) is 27.2. The predicted octanol–water partition coefficient (Wildman–Crippen LogP) is 10.9. The molecule has 0 atom stereocenters. The zero-order chi connectivity index (χ0) is 32.6. The van der Waals surface area contributed by atoms with Crippen molar-refractivity contribution in [2.75, 3.05) is 0 Å². The highest BCUT2D eigenvalue weighted by atomic mass is 32.4. The Kier molecular flexibility index (Phi) is 10.1. The SMILES string of the molecule is Cc1ccc(C=Cc2ccc(P(=S)(c3ccc(C=Cc4ccc(C)cc4)cc3)c3ccc(C=Cc4ccc(C)cc4)cc3)cc2)cc1. The molecule has 230 valence electrons. The minimum Gasteiger partial charge on any atom is -0.0826 e. The molecule has 0 heterocycles. The third kappa shape index (κ3) is 8.13. The lowest BCUT2D eigenvalue weighted by Gasteiger charge is -2.24. The van der Waals surface area contributed by atoms with Crippen molar-refractivity contribution >= 4 is 70.2 Å². The van der Waals surface area contributed by atoms with Gasteiger partial charge in [-0.05, 0) is 70.1 Å². The molecule has 6 aromatic carbocycles. The second kappa shape index (κ2) is 14.7. The fourth-order valence-corrected chi connectivity index (χ4v) is 9.14. The lowest BCUT2D eigenvalue weighted by molar-refractivity contribution is 1.46. The molecule has 0 bridgehead atoms. The Morgan fingerprint density at radius 3 is 0.660 bits per heavy atom. The summed E-state index contributed by atoms with van der Waals surface area (Å²) in [6.45, 7) is 6.34. The first-order valence-electron chi connectivity index (χ1n) is 16.0. The van der Waals surface area contributed by atoms with E-state index in [2.05, 4.69) is 203 Å². The molecule has 0 aliphatic heterocycles. The molecule has 0 saturated carbocycles. The summed E-state index contributed by atoms with van der Waals surface area (Å²) in [5.41, 5.74) is 10.8. The van der Waals surface area contributed by atoms with E-state index in [9.17, 15) is 0 Å². The van der Waals surface area contributed by atoms with Gasteiger partial charge in [-0.25, -0.2) is 0 Å². The van der Waals surface area contributed by atoms with Gasteiger partial charge in [-0.3, -0.25) is 0 Å². The molecule has 47 heavy (non-hydrogen) atoms. The van der Waals surface area contributed by atoms with E-state index >= 15 is 0 Å². The standard InChI is InChI=1S/C45H39PS/c1-34-4-10-37(11-5-34)16-19-40-22-28-43(29-23-40)46(47,44-30-24-41(25-31-44)20-17-38-12-6-35(2)7-13-38)45-32-26-42(27-33-45)21-18-39-14-8-36(3)9-15-39/h4-33H,1-3H3. The lowest BCUT2D eigenvalue weighted by atomic mass is 10.1. The minimum absolute atomic E-state index is 1.16. The molecule has 0 spiro atoms. The average Bonchev–Trinajstić information content (AvgIpc) is 3.11. The molecule has 6 aromatic rings. The molecule has 0 aromatic heterocycles. The van der Waals surface area contributed by atoms with Gasteiger partial charge in [-0.2, -0.15) is 0 Å².